The third kappa shape index (κ3) is 3.95. The van der Waals surface area contributed by atoms with Gasteiger partial charge in [0.2, 0.25) is 0 Å². The minimum absolute atomic E-state index is 0.00528. The predicted molar refractivity (Wildman–Crippen MR) is 82.2 cm³/mol. The molecule has 126 valence electrons. The van der Waals surface area contributed by atoms with Gasteiger partial charge in [-0.3, -0.25) is 10.1 Å². The fourth-order valence-electron chi connectivity index (χ4n) is 1.48. The summed E-state index contributed by atoms with van der Waals surface area (Å²) in [7, 11) is 1.14. The maximum absolute atomic E-state index is 13.6. The summed E-state index contributed by atoms with van der Waals surface area (Å²) in [5.41, 5.74) is -0.777. The highest BCUT2D eigenvalue weighted by molar-refractivity contribution is 8.18. The van der Waals surface area contributed by atoms with E-state index in [1.807, 2.05) is 0 Å². The van der Waals surface area contributed by atoms with Crippen molar-refractivity contribution in [2.45, 2.75) is 0 Å². The largest absolute Gasteiger partial charge is 0.466 e. The lowest BCUT2D eigenvalue weighted by atomic mass is 10.2. The molecule has 0 bridgehead atoms. The van der Waals surface area contributed by atoms with Crippen LogP contribution in [0, 0.1) is 17.5 Å². The van der Waals surface area contributed by atoms with Crippen LogP contribution in [0.15, 0.2) is 27.3 Å². The first-order chi connectivity index (χ1) is 11.3. The van der Waals surface area contributed by atoms with E-state index in [9.17, 15) is 22.8 Å². The van der Waals surface area contributed by atoms with Gasteiger partial charge < -0.3 is 4.74 Å². The summed E-state index contributed by atoms with van der Waals surface area (Å²) in [5, 5.41) is 8.43. The van der Waals surface area contributed by atoms with Crippen molar-refractivity contribution < 1.29 is 27.5 Å². The molecule has 1 aromatic rings. The van der Waals surface area contributed by atoms with E-state index in [0.717, 1.165) is 24.9 Å². The number of hydrogen-bond donors (Lipinski definition) is 1. The zero-order valence-corrected chi connectivity index (χ0v) is 13.3. The molecule has 1 saturated heterocycles. The molecule has 0 radical (unpaired) electrons. The Morgan fingerprint density at radius 3 is 2.75 bits per heavy atom. The monoisotopic (exact) mass is 377 g/mol. The molecule has 1 aliphatic rings. The van der Waals surface area contributed by atoms with Gasteiger partial charge in [-0.2, -0.15) is 5.10 Å². The van der Waals surface area contributed by atoms with Crippen molar-refractivity contribution in [2.24, 2.45) is 10.2 Å². The smallest absolute Gasteiger partial charge is 0.331 e. The second-order valence-electron chi connectivity index (χ2n) is 4.12. The molecule has 0 unspecified atom stereocenters. The minimum Gasteiger partial charge on any atom is -0.466 e. The Bertz CT molecular complexity index is 811. The van der Waals surface area contributed by atoms with E-state index < -0.39 is 39.9 Å². The molecule has 0 spiro atoms. The van der Waals surface area contributed by atoms with Gasteiger partial charge in [0.1, 0.15) is 5.82 Å². The van der Waals surface area contributed by atoms with E-state index in [1.54, 1.807) is 0 Å². The number of ether oxygens (including phenoxy) is 1. The first kappa shape index (κ1) is 18.0. The Morgan fingerprint density at radius 2 is 2.08 bits per heavy atom. The number of nitrogens with zero attached hydrogens (tertiary/aromatic N) is 2. The molecule has 11 heteroatoms. The van der Waals surface area contributed by atoms with E-state index in [0.29, 0.717) is 12.3 Å². The van der Waals surface area contributed by atoms with Crippen LogP contribution < -0.4 is 5.32 Å². The molecule has 1 aromatic carbocycles. The number of benzene rings is 1. The number of amides is 1. The number of hydrogen-bond acceptors (Lipinski definition) is 6. The average molecular weight is 378 g/mol. The van der Waals surface area contributed by atoms with Crippen molar-refractivity contribution in [3.8, 4) is 0 Å². The lowest BCUT2D eigenvalue weighted by Gasteiger charge is -2.01. The van der Waals surface area contributed by atoms with Gasteiger partial charge in [-0.05, 0) is 17.8 Å². The number of amidine groups is 1. The van der Waals surface area contributed by atoms with Crippen molar-refractivity contribution in [3.05, 3.63) is 45.1 Å². The van der Waals surface area contributed by atoms with E-state index in [-0.39, 0.29) is 10.1 Å². The maximum atomic E-state index is 13.6. The highest BCUT2D eigenvalue weighted by Gasteiger charge is 2.25. The van der Waals surface area contributed by atoms with Crippen LogP contribution in [0.2, 0.25) is 5.02 Å². The lowest BCUT2D eigenvalue weighted by molar-refractivity contribution is -0.135. The number of thioether (sulfide) groups is 1. The maximum Gasteiger partial charge on any atom is 0.331 e. The molecule has 1 fully saturated rings. The van der Waals surface area contributed by atoms with Crippen molar-refractivity contribution in [1.82, 2.24) is 5.32 Å². The summed E-state index contributed by atoms with van der Waals surface area (Å²) < 4.78 is 44.7. The van der Waals surface area contributed by atoms with Crippen LogP contribution >= 0.6 is 23.4 Å². The van der Waals surface area contributed by atoms with Crippen molar-refractivity contribution in [2.75, 3.05) is 7.11 Å². The Balaban J connectivity index is 2.19. The molecule has 1 amide bonds. The van der Waals surface area contributed by atoms with Gasteiger partial charge in [0, 0.05) is 6.08 Å². The van der Waals surface area contributed by atoms with Gasteiger partial charge in [-0.1, -0.05) is 11.6 Å². The van der Waals surface area contributed by atoms with E-state index in [4.69, 9.17) is 11.6 Å². The second-order valence-corrected chi connectivity index (χ2v) is 5.56. The lowest BCUT2D eigenvalue weighted by Crippen LogP contribution is -2.19. The Labute approximate surface area is 142 Å². The van der Waals surface area contributed by atoms with Crippen LogP contribution in [0.25, 0.3) is 0 Å². The van der Waals surface area contributed by atoms with Crippen LogP contribution in [0.5, 0.6) is 0 Å². The number of rotatable bonds is 3. The first-order valence-corrected chi connectivity index (χ1v) is 7.25. The molecule has 0 aromatic heterocycles. The fourth-order valence-corrected chi connectivity index (χ4v) is 2.40. The SMILES string of the molecule is COC(=O)/C=C1/S/C(=N\N=Cc2c(F)cc(Cl)c(F)c2F)NC1=O. The van der Waals surface area contributed by atoms with E-state index >= 15 is 0 Å². The number of carbonyl (C=O) groups is 2. The standard InChI is InChI=1S/C13H7ClF3N3O3S/c1-23-9(21)3-8-12(22)19-13(24-8)20-18-4-5-7(15)2-6(14)11(17)10(5)16/h2-4H,1H3,(H,19,20,22)/b8-3+,18-4?. The van der Waals surface area contributed by atoms with Gasteiger partial charge in [0.05, 0.1) is 28.8 Å². The fraction of sp³-hybridized carbons (Fsp3) is 0.0769. The van der Waals surface area contributed by atoms with Crippen molar-refractivity contribution in [1.29, 1.82) is 0 Å². The zero-order valence-electron chi connectivity index (χ0n) is 11.8. The number of methoxy groups -OCH3 is 1. The van der Waals surface area contributed by atoms with Crippen molar-refractivity contribution in [3.63, 3.8) is 0 Å². The van der Waals surface area contributed by atoms with Gasteiger partial charge in [0.15, 0.2) is 16.8 Å². The summed E-state index contributed by atoms with van der Waals surface area (Å²) in [6, 6.07) is 0.595. The number of halogens is 4. The number of carbonyl (C=O) groups excluding carboxylic acids is 2. The molecule has 0 saturated carbocycles. The third-order valence-electron chi connectivity index (χ3n) is 2.59. The second kappa shape index (κ2) is 7.49. The highest BCUT2D eigenvalue weighted by atomic mass is 35.5. The Kier molecular flexibility index (Phi) is 5.62. The van der Waals surface area contributed by atoms with Gasteiger partial charge >= 0.3 is 5.97 Å². The van der Waals surface area contributed by atoms with Crippen LogP contribution in [-0.4, -0.2) is 30.4 Å². The van der Waals surface area contributed by atoms with Crippen LogP contribution in [0.4, 0.5) is 13.2 Å². The molecule has 0 aliphatic carbocycles. The summed E-state index contributed by atoms with van der Waals surface area (Å²) >= 11 is 6.06. The molecule has 0 atom stereocenters. The van der Waals surface area contributed by atoms with Crippen LogP contribution in [-0.2, 0) is 14.3 Å². The Hall–Kier alpha value is -2.33. The summed E-state index contributed by atoms with van der Waals surface area (Å²) in [6.45, 7) is 0. The quantitative estimate of drug-likeness (QED) is 0.219. The summed E-state index contributed by atoms with van der Waals surface area (Å²) in [5.74, 6) is -5.41. The Morgan fingerprint density at radius 1 is 1.38 bits per heavy atom. The summed E-state index contributed by atoms with van der Waals surface area (Å²) in [6.07, 6.45) is 1.58. The molecular formula is C13H7ClF3N3O3S. The third-order valence-corrected chi connectivity index (χ3v) is 3.76. The molecule has 1 aliphatic heterocycles. The topological polar surface area (TPSA) is 80.1 Å². The van der Waals surface area contributed by atoms with Gasteiger partial charge in [0.25, 0.3) is 5.91 Å². The molecule has 24 heavy (non-hydrogen) atoms. The normalized spacial score (nSPS) is 17.8. The van der Waals surface area contributed by atoms with Crippen molar-refractivity contribution >= 4 is 46.6 Å². The van der Waals surface area contributed by atoms with Gasteiger partial charge in [-0.25, -0.2) is 18.0 Å². The van der Waals surface area contributed by atoms with Crippen LogP contribution in [0.3, 0.4) is 0 Å². The van der Waals surface area contributed by atoms with E-state index in [1.165, 1.54) is 0 Å². The molecular weight excluding hydrogens is 371 g/mol. The first-order valence-electron chi connectivity index (χ1n) is 6.06. The average Bonchev–Trinajstić information content (AvgIpc) is 2.88. The summed E-state index contributed by atoms with van der Waals surface area (Å²) in [4.78, 5) is 22.6. The zero-order chi connectivity index (χ0) is 17.9. The number of esters is 1. The molecule has 1 N–H and O–H groups in total. The number of nitrogens with one attached hydrogen (secondary N) is 1. The molecule has 1 heterocycles. The van der Waals surface area contributed by atoms with Crippen LogP contribution in [0.1, 0.15) is 5.56 Å². The predicted octanol–water partition coefficient (Wildman–Crippen LogP) is 2.37. The van der Waals surface area contributed by atoms with Gasteiger partial charge in [-0.15, -0.1) is 5.10 Å². The van der Waals surface area contributed by atoms with E-state index in [2.05, 4.69) is 20.3 Å². The molecule has 2 rings (SSSR count). The molecule has 6 nitrogen and oxygen atoms in total. The minimum atomic E-state index is -1.52. The highest BCUT2D eigenvalue weighted by Crippen LogP contribution is 2.24.